The molecule has 1 aromatic heterocycles. The van der Waals surface area contributed by atoms with E-state index in [0.717, 1.165) is 5.56 Å². The molecule has 0 radical (unpaired) electrons. The monoisotopic (exact) mass is 208 g/mol. The van der Waals surface area contributed by atoms with Crippen molar-refractivity contribution in [3.05, 3.63) is 29.6 Å². The summed E-state index contributed by atoms with van der Waals surface area (Å²) in [7, 11) is 0. The Hall–Kier alpha value is -1.42. The van der Waals surface area contributed by atoms with Crippen LogP contribution in [-0.2, 0) is 6.42 Å². The molecule has 0 aliphatic rings. The highest BCUT2D eigenvalue weighted by molar-refractivity contribution is 5.90. The second kappa shape index (κ2) is 4.40. The van der Waals surface area contributed by atoms with Gasteiger partial charge in [-0.05, 0) is 44.4 Å². The number of hydrogen-bond donors (Lipinski definition) is 2. The van der Waals surface area contributed by atoms with Crippen molar-refractivity contribution in [2.24, 2.45) is 5.73 Å². The minimum atomic E-state index is -0.698. The Morgan fingerprint density at radius 1 is 1.60 bits per heavy atom. The molecule has 15 heavy (non-hydrogen) atoms. The normalized spacial score (nSPS) is 11.4. The van der Waals surface area contributed by atoms with E-state index in [1.54, 1.807) is 26.1 Å². The SMILES string of the molecule is CC(C)(O)CCc1ccnc(C(N)=O)c1. The van der Waals surface area contributed by atoms with Gasteiger partial charge >= 0.3 is 0 Å². The van der Waals surface area contributed by atoms with E-state index in [1.807, 2.05) is 6.07 Å². The molecule has 0 spiro atoms. The standard InChI is InChI=1S/C11H16N2O2/c1-11(2,15)5-3-8-4-6-13-9(7-8)10(12)14/h4,6-7,15H,3,5H2,1-2H3,(H2,12,14). The summed E-state index contributed by atoms with van der Waals surface area (Å²) in [5.41, 5.74) is 5.64. The van der Waals surface area contributed by atoms with E-state index >= 15 is 0 Å². The van der Waals surface area contributed by atoms with Crippen LogP contribution in [0.25, 0.3) is 0 Å². The topological polar surface area (TPSA) is 76.2 Å². The molecule has 4 heteroatoms. The van der Waals surface area contributed by atoms with Crippen molar-refractivity contribution in [3.63, 3.8) is 0 Å². The highest BCUT2D eigenvalue weighted by Crippen LogP contribution is 2.13. The van der Waals surface area contributed by atoms with Crippen LogP contribution in [0.1, 0.15) is 36.3 Å². The van der Waals surface area contributed by atoms with E-state index in [0.29, 0.717) is 12.8 Å². The molecule has 0 aromatic carbocycles. The molecule has 0 bridgehead atoms. The minimum Gasteiger partial charge on any atom is -0.390 e. The molecule has 1 amide bonds. The van der Waals surface area contributed by atoms with Crippen molar-refractivity contribution in [2.75, 3.05) is 0 Å². The molecule has 82 valence electrons. The molecule has 4 nitrogen and oxygen atoms in total. The van der Waals surface area contributed by atoms with E-state index in [2.05, 4.69) is 4.98 Å². The molecule has 1 rings (SSSR count). The van der Waals surface area contributed by atoms with Crippen LogP contribution in [0.4, 0.5) is 0 Å². The summed E-state index contributed by atoms with van der Waals surface area (Å²) in [4.78, 5) is 14.7. The maximum atomic E-state index is 10.9. The molecule has 0 aliphatic heterocycles. The molecule has 0 saturated carbocycles. The lowest BCUT2D eigenvalue weighted by Gasteiger charge is -2.16. The van der Waals surface area contributed by atoms with Gasteiger partial charge in [0, 0.05) is 6.20 Å². The minimum absolute atomic E-state index is 0.267. The first-order chi connectivity index (χ1) is 6.88. The van der Waals surface area contributed by atoms with Crippen molar-refractivity contribution in [3.8, 4) is 0 Å². The van der Waals surface area contributed by atoms with Gasteiger partial charge in [-0.15, -0.1) is 0 Å². The van der Waals surface area contributed by atoms with Crippen LogP contribution in [0, 0.1) is 0 Å². The van der Waals surface area contributed by atoms with Gasteiger partial charge in [0.15, 0.2) is 0 Å². The number of rotatable bonds is 4. The number of aromatic nitrogens is 1. The van der Waals surface area contributed by atoms with E-state index in [4.69, 9.17) is 5.73 Å². The van der Waals surface area contributed by atoms with Crippen molar-refractivity contribution < 1.29 is 9.90 Å². The van der Waals surface area contributed by atoms with Crippen molar-refractivity contribution in [2.45, 2.75) is 32.3 Å². The quantitative estimate of drug-likeness (QED) is 0.771. The van der Waals surface area contributed by atoms with Crippen LogP contribution in [0.2, 0.25) is 0 Å². The molecular weight excluding hydrogens is 192 g/mol. The molecule has 3 N–H and O–H groups in total. The van der Waals surface area contributed by atoms with Gasteiger partial charge < -0.3 is 10.8 Å². The van der Waals surface area contributed by atoms with Gasteiger partial charge in [-0.3, -0.25) is 9.78 Å². The lowest BCUT2D eigenvalue weighted by atomic mass is 9.99. The third-order valence-corrected chi connectivity index (χ3v) is 2.10. The zero-order valence-corrected chi connectivity index (χ0v) is 9.03. The highest BCUT2D eigenvalue weighted by atomic mass is 16.3. The number of primary amides is 1. The predicted octanol–water partition coefficient (Wildman–Crippen LogP) is 0.884. The maximum absolute atomic E-state index is 10.9. The van der Waals surface area contributed by atoms with Gasteiger partial charge in [0.05, 0.1) is 5.60 Å². The number of pyridine rings is 1. The molecule has 1 aromatic rings. The summed E-state index contributed by atoms with van der Waals surface area (Å²) in [5.74, 6) is -0.528. The third kappa shape index (κ3) is 4.08. The zero-order chi connectivity index (χ0) is 11.5. The zero-order valence-electron chi connectivity index (χ0n) is 9.03. The first-order valence-corrected chi connectivity index (χ1v) is 4.85. The van der Waals surface area contributed by atoms with Gasteiger partial charge in [0.2, 0.25) is 0 Å². The van der Waals surface area contributed by atoms with Gasteiger partial charge in [0.25, 0.3) is 5.91 Å². The Balaban J connectivity index is 2.70. The summed E-state index contributed by atoms with van der Waals surface area (Å²) in [6.07, 6.45) is 2.89. The molecule has 0 saturated heterocycles. The number of aryl methyl sites for hydroxylation is 1. The van der Waals surface area contributed by atoms with Crippen molar-refractivity contribution in [1.29, 1.82) is 0 Å². The Kier molecular flexibility index (Phi) is 3.42. The Labute approximate surface area is 89.1 Å². The van der Waals surface area contributed by atoms with E-state index in [1.165, 1.54) is 0 Å². The lowest BCUT2D eigenvalue weighted by Crippen LogP contribution is -2.19. The summed E-state index contributed by atoms with van der Waals surface area (Å²) in [6.45, 7) is 3.51. The molecule has 1 heterocycles. The predicted molar refractivity (Wildman–Crippen MR) is 57.4 cm³/mol. The Morgan fingerprint density at radius 3 is 2.80 bits per heavy atom. The van der Waals surface area contributed by atoms with Crippen LogP contribution >= 0.6 is 0 Å². The van der Waals surface area contributed by atoms with Gasteiger partial charge in [0.1, 0.15) is 5.69 Å². The highest BCUT2D eigenvalue weighted by Gasteiger charge is 2.12. The third-order valence-electron chi connectivity index (χ3n) is 2.10. The van der Waals surface area contributed by atoms with E-state index in [-0.39, 0.29) is 5.69 Å². The number of carbonyl (C=O) groups is 1. The average Bonchev–Trinajstić information content (AvgIpc) is 2.14. The smallest absolute Gasteiger partial charge is 0.267 e. The maximum Gasteiger partial charge on any atom is 0.267 e. The van der Waals surface area contributed by atoms with E-state index in [9.17, 15) is 9.90 Å². The second-order valence-corrected chi connectivity index (χ2v) is 4.23. The number of hydrogen-bond acceptors (Lipinski definition) is 3. The molecule has 0 fully saturated rings. The van der Waals surface area contributed by atoms with Crippen LogP contribution in [-0.4, -0.2) is 21.6 Å². The Bertz CT molecular complexity index is 356. The van der Waals surface area contributed by atoms with Crippen LogP contribution in [0.15, 0.2) is 18.3 Å². The molecule has 0 unspecified atom stereocenters. The number of aliphatic hydroxyl groups is 1. The summed E-state index contributed by atoms with van der Waals surface area (Å²) >= 11 is 0. The summed E-state index contributed by atoms with van der Waals surface area (Å²) < 4.78 is 0. The summed E-state index contributed by atoms with van der Waals surface area (Å²) in [5, 5.41) is 9.55. The van der Waals surface area contributed by atoms with E-state index < -0.39 is 11.5 Å². The fourth-order valence-electron chi connectivity index (χ4n) is 1.21. The Morgan fingerprint density at radius 2 is 2.27 bits per heavy atom. The number of nitrogens with two attached hydrogens (primary N) is 1. The molecule has 0 aliphatic carbocycles. The number of amides is 1. The van der Waals surface area contributed by atoms with Crippen LogP contribution < -0.4 is 5.73 Å². The molecular formula is C11H16N2O2. The van der Waals surface area contributed by atoms with Crippen LogP contribution in [0.5, 0.6) is 0 Å². The number of nitrogens with zero attached hydrogens (tertiary/aromatic N) is 1. The van der Waals surface area contributed by atoms with Crippen LogP contribution in [0.3, 0.4) is 0 Å². The lowest BCUT2D eigenvalue weighted by molar-refractivity contribution is 0.0714. The first kappa shape index (κ1) is 11.7. The van der Waals surface area contributed by atoms with Gasteiger partial charge in [-0.1, -0.05) is 0 Å². The fraction of sp³-hybridized carbons (Fsp3) is 0.455. The van der Waals surface area contributed by atoms with Crippen molar-refractivity contribution in [1.82, 2.24) is 4.98 Å². The van der Waals surface area contributed by atoms with Gasteiger partial charge in [-0.2, -0.15) is 0 Å². The number of carbonyl (C=O) groups excluding carboxylic acids is 1. The van der Waals surface area contributed by atoms with Crippen molar-refractivity contribution >= 4 is 5.91 Å². The second-order valence-electron chi connectivity index (χ2n) is 4.23. The average molecular weight is 208 g/mol. The summed E-state index contributed by atoms with van der Waals surface area (Å²) in [6, 6.07) is 3.48. The molecule has 0 atom stereocenters. The fourth-order valence-corrected chi connectivity index (χ4v) is 1.21. The first-order valence-electron chi connectivity index (χ1n) is 4.85. The largest absolute Gasteiger partial charge is 0.390 e. The van der Waals surface area contributed by atoms with Gasteiger partial charge in [-0.25, -0.2) is 0 Å².